The molecule has 1 aromatic heterocycles. The third-order valence-corrected chi connectivity index (χ3v) is 6.19. The molecule has 0 radical (unpaired) electrons. The Balaban J connectivity index is 1.72. The molecular weight excluding hydrogens is 246 g/mol. The minimum atomic E-state index is 0.699. The first-order chi connectivity index (χ1) is 9.67. The normalized spacial score (nSPS) is 38.6. The highest BCUT2D eigenvalue weighted by atomic mass is 15.1. The number of rotatable bonds is 3. The molecular formula is C17H27N3. The van der Waals surface area contributed by atoms with Crippen molar-refractivity contribution < 1.29 is 0 Å². The molecule has 2 N–H and O–H groups in total. The van der Waals surface area contributed by atoms with Crippen LogP contribution in [0.1, 0.15) is 62.9 Å². The molecule has 5 rings (SSSR count). The molecule has 4 aliphatic rings. The SMILES string of the molecule is CCCn1c(C2C3CC4CC(C3)CC2C4)nc(C)c1N. The Hall–Kier alpha value is -0.990. The number of imidazole rings is 1. The molecule has 0 spiro atoms. The lowest BCUT2D eigenvalue weighted by Crippen LogP contribution is -2.44. The van der Waals surface area contributed by atoms with Gasteiger partial charge in [0, 0.05) is 12.5 Å². The van der Waals surface area contributed by atoms with Gasteiger partial charge in [-0.25, -0.2) is 4.98 Å². The summed E-state index contributed by atoms with van der Waals surface area (Å²) in [5, 5.41) is 0. The molecule has 0 saturated heterocycles. The summed E-state index contributed by atoms with van der Waals surface area (Å²) in [6, 6.07) is 0. The van der Waals surface area contributed by atoms with Crippen molar-refractivity contribution >= 4 is 5.82 Å². The van der Waals surface area contributed by atoms with Crippen molar-refractivity contribution in [3.63, 3.8) is 0 Å². The van der Waals surface area contributed by atoms with E-state index in [1.165, 1.54) is 37.9 Å². The molecule has 0 unspecified atom stereocenters. The molecule has 4 bridgehead atoms. The molecule has 4 saturated carbocycles. The third kappa shape index (κ3) is 1.74. The molecule has 0 aliphatic heterocycles. The Kier molecular flexibility index (Phi) is 2.87. The van der Waals surface area contributed by atoms with Crippen LogP contribution in [0.15, 0.2) is 0 Å². The number of aromatic nitrogens is 2. The van der Waals surface area contributed by atoms with Crippen molar-refractivity contribution in [2.24, 2.45) is 23.7 Å². The number of aryl methyl sites for hydroxylation is 1. The summed E-state index contributed by atoms with van der Waals surface area (Å²) in [5.74, 6) is 6.78. The van der Waals surface area contributed by atoms with Crippen molar-refractivity contribution in [1.29, 1.82) is 0 Å². The van der Waals surface area contributed by atoms with Gasteiger partial charge in [0.15, 0.2) is 0 Å². The standard InChI is InChI=1S/C17H27N3/c1-3-4-20-16(18)10(2)19-17(20)15-13-6-11-5-12(8-13)9-14(15)7-11/h11-15H,3-9,18H2,1-2H3. The topological polar surface area (TPSA) is 43.8 Å². The summed E-state index contributed by atoms with van der Waals surface area (Å²) in [7, 11) is 0. The second kappa shape index (κ2) is 4.51. The van der Waals surface area contributed by atoms with Gasteiger partial charge < -0.3 is 10.3 Å². The fourth-order valence-corrected chi connectivity index (χ4v) is 5.67. The second-order valence-electron chi connectivity index (χ2n) is 7.55. The fraction of sp³-hybridized carbons (Fsp3) is 0.824. The van der Waals surface area contributed by atoms with E-state index in [-0.39, 0.29) is 0 Å². The molecule has 0 atom stereocenters. The minimum Gasteiger partial charge on any atom is -0.384 e. The van der Waals surface area contributed by atoms with Gasteiger partial charge in [0.1, 0.15) is 11.6 Å². The number of nitrogen functional groups attached to an aromatic ring is 1. The number of nitrogens with two attached hydrogens (primary N) is 1. The smallest absolute Gasteiger partial charge is 0.126 e. The van der Waals surface area contributed by atoms with Crippen molar-refractivity contribution in [2.45, 2.75) is 64.8 Å². The zero-order valence-electron chi connectivity index (χ0n) is 12.8. The molecule has 3 heteroatoms. The number of hydrogen-bond donors (Lipinski definition) is 1. The third-order valence-electron chi connectivity index (χ3n) is 6.19. The Morgan fingerprint density at radius 1 is 1.10 bits per heavy atom. The Morgan fingerprint density at radius 3 is 2.25 bits per heavy atom. The molecule has 0 amide bonds. The zero-order chi connectivity index (χ0) is 13.9. The van der Waals surface area contributed by atoms with E-state index >= 15 is 0 Å². The highest BCUT2D eigenvalue weighted by Crippen LogP contribution is 2.59. The van der Waals surface area contributed by atoms with E-state index in [4.69, 9.17) is 10.7 Å². The van der Waals surface area contributed by atoms with Crippen LogP contribution < -0.4 is 5.73 Å². The molecule has 4 aliphatic carbocycles. The van der Waals surface area contributed by atoms with Gasteiger partial charge >= 0.3 is 0 Å². The average Bonchev–Trinajstić information content (AvgIpc) is 2.66. The second-order valence-corrected chi connectivity index (χ2v) is 7.55. The maximum Gasteiger partial charge on any atom is 0.126 e. The number of anilines is 1. The van der Waals surface area contributed by atoms with Gasteiger partial charge in [-0.3, -0.25) is 0 Å². The average molecular weight is 273 g/mol. The number of nitrogens with zero attached hydrogens (tertiary/aromatic N) is 2. The molecule has 4 fully saturated rings. The van der Waals surface area contributed by atoms with Crippen LogP contribution >= 0.6 is 0 Å². The lowest BCUT2D eigenvalue weighted by molar-refractivity contribution is -0.00672. The first-order valence-electron chi connectivity index (χ1n) is 8.49. The van der Waals surface area contributed by atoms with Crippen LogP contribution in [0.5, 0.6) is 0 Å². The summed E-state index contributed by atoms with van der Waals surface area (Å²) in [5.41, 5.74) is 7.33. The molecule has 20 heavy (non-hydrogen) atoms. The predicted molar refractivity (Wildman–Crippen MR) is 81.5 cm³/mol. The summed E-state index contributed by atoms with van der Waals surface area (Å²) < 4.78 is 2.34. The van der Waals surface area contributed by atoms with Crippen LogP contribution in [0, 0.1) is 30.6 Å². The van der Waals surface area contributed by atoms with E-state index in [1.54, 1.807) is 0 Å². The van der Waals surface area contributed by atoms with Gasteiger partial charge in [-0.05, 0) is 69.1 Å². The van der Waals surface area contributed by atoms with Crippen molar-refractivity contribution in [2.75, 3.05) is 5.73 Å². The van der Waals surface area contributed by atoms with Crippen LogP contribution in [0.2, 0.25) is 0 Å². The summed E-state index contributed by atoms with van der Waals surface area (Å²) >= 11 is 0. The highest BCUT2D eigenvalue weighted by molar-refractivity contribution is 5.38. The van der Waals surface area contributed by atoms with Crippen molar-refractivity contribution in [1.82, 2.24) is 9.55 Å². The Morgan fingerprint density at radius 2 is 1.70 bits per heavy atom. The largest absolute Gasteiger partial charge is 0.384 e. The molecule has 3 nitrogen and oxygen atoms in total. The Bertz CT molecular complexity index is 489. The summed E-state index contributed by atoms with van der Waals surface area (Å²) in [4.78, 5) is 4.91. The molecule has 0 aromatic carbocycles. The van der Waals surface area contributed by atoms with Gasteiger partial charge in [-0.1, -0.05) is 6.92 Å². The maximum atomic E-state index is 6.28. The van der Waals surface area contributed by atoms with Crippen LogP contribution in [-0.2, 0) is 6.54 Å². The van der Waals surface area contributed by atoms with Crippen LogP contribution in [0.25, 0.3) is 0 Å². The van der Waals surface area contributed by atoms with Crippen LogP contribution in [-0.4, -0.2) is 9.55 Å². The van der Waals surface area contributed by atoms with E-state index < -0.39 is 0 Å². The summed E-state index contributed by atoms with van der Waals surface area (Å²) in [6.07, 6.45) is 8.47. The van der Waals surface area contributed by atoms with Gasteiger partial charge in [0.25, 0.3) is 0 Å². The van der Waals surface area contributed by atoms with E-state index in [2.05, 4.69) is 18.4 Å². The quantitative estimate of drug-likeness (QED) is 0.912. The van der Waals surface area contributed by atoms with E-state index in [9.17, 15) is 0 Å². The first-order valence-corrected chi connectivity index (χ1v) is 8.49. The minimum absolute atomic E-state index is 0.699. The van der Waals surface area contributed by atoms with Crippen LogP contribution in [0.3, 0.4) is 0 Å². The molecule has 1 heterocycles. The van der Waals surface area contributed by atoms with E-state index in [1.807, 2.05) is 0 Å². The van der Waals surface area contributed by atoms with Crippen LogP contribution in [0.4, 0.5) is 5.82 Å². The lowest BCUT2D eigenvalue weighted by atomic mass is 9.51. The number of hydrogen-bond acceptors (Lipinski definition) is 2. The lowest BCUT2D eigenvalue weighted by Gasteiger charge is -2.54. The van der Waals surface area contributed by atoms with E-state index in [0.717, 1.165) is 48.1 Å². The highest BCUT2D eigenvalue weighted by Gasteiger charge is 2.50. The van der Waals surface area contributed by atoms with Gasteiger partial charge in [0.2, 0.25) is 0 Å². The van der Waals surface area contributed by atoms with Crippen molar-refractivity contribution in [3.8, 4) is 0 Å². The predicted octanol–water partition coefficient (Wildman–Crippen LogP) is 3.72. The van der Waals surface area contributed by atoms with Gasteiger partial charge in [0.05, 0.1) is 5.69 Å². The van der Waals surface area contributed by atoms with Gasteiger partial charge in [-0.2, -0.15) is 0 Å². The monoisotopic (exact) mass is 273 g/mol. The van der Waals surface area contributed by atoms with Gasteiger partial charge in [-0.15, -0.1) is 0 Å². The van der Waals surface area contributed by atoms with Crippen molar-refractivity contribution in [3.05, 3.63) is 11.5 Å². The van der Waals surface area contributed by atoms with E-state index in [0.29, 0.717) is 5.92 Å². The first kappa shape index (κ1) is 12.7. The fourth-order valence-electron chi connectivity index (χ4n) is 5.67. The maximum absolute atomic E-state index is 6.28. The molecule has 110 valence electrons. The molecule has 1 aromatic rings. The summed E-state index contributed by atoms with van der Waals surface area (Å²) in [6.45, 7) is 5.33. The Labute approximate surface area is 122 Å². The zero-order valence-corrected chi connectivity index (χ0v) is 12.8.